The molecule has 2 aromatic heterocycles. The number of fused-ring (bicyclic) bond motifs is 1. The van der Waals surface area contributed by atoms with E-state index in [1.165, 1.54) is 25.5 Å². The number of carboxylic acid groups (broad SMARTS) is 1. The van der Waals surface area contributed by atoms with Gasteiger partial charge < -0.3 is 14.4 Å². The van der Waals surface area contributed by atoms with Crippen molar-refractivity contribution in [1.29, 1.82) is 0 Å². The molecule has 0 unspecified atom stereocenters. The number of carboxylic acids is 1. The number of hydrogen-bond donors (Lipinski definition) is 1. The number of imidazole rings is 1. The van der Waals surface area contributed by atoms with Gasteiger partial charge in [0.05, 0.1) is 0 Å². The van der Waals surface area contributed by atoms with Crippen molar-refractivity contribution >= 4 is 17.4 Å². The Balaban J connectivity index is 1.78. The summed E-state index contributed by atoms with van der Waals surface area (Å²) >= 11 is 0. The first-order valence-corrected chi connectivity index (χ1v) is 6.49. The van der Waals surface area contributed by atoms with Gasteiger partial charge in [-0.3, -0.25) is 0 Å². The minimum absolute atomic E-state index is 0.0644. The predicted molar refractivity (Wildman–Crippen MR) is 68.4 cm³/mol. The molecule has 0 atom stereocenters. The van der Waals surface area contributed by atoms with Crippen LogP contribution >= 0.6 is 0 Å². The van der Waals surface area contributed by atoms with Crippen molar-refractivity contribution in [3.63, 3.8) is 0 Å². The van der Waals surface area contributed by atoms with Crippen LogP contribution < -0.4 is 4.90 Å². The largest absolute Gasteiger partial charge is 0.476 e. The summed E-state index contributed by atoms with van der Waals surface area (Å²) in [5.74, 6) is -0.200. The first-order valence-electron chi connectivity index (χ1n) is 6.49. The Morgan fingerprint density at radius 3 is 2.89 bits per heavy atom. The summed E-state index contributed by atoms with van der Waals surface area (Å²) in [6.07, 6.45) is 8.80. The number of aromatic carboxylic acids is 1. The SMILES string of the molecule is O=C(O)c1cn2ccnc(N3CCC4(CC4)C3)c2n1. The molecule has 1 aliphatic carbocycles. The van der Waals surface area contributed by atoms with Crippen molar-refractivity contribution in [2.45, 2.75) is 19.3 Å². The molecule has 0 aromatic carbocycles. The number of hydrogen-bond acceptors (Lipinski definition) is 4. The molecular formula is C13H14N4O2. The molecule has 1 aliphatic heterocycles. The lowest BCUT2D eigenvalue weighted by Crippen LogP contribution is -2.22. The molecule has 6 heteroatoms. The quantitative estimate of drug-likeness (QED) is 0.882. The van der Waals surface area contributed by atoms with Crippen LogP contribution in [0.1, 0.15) is 29.8 Å². The molecule has 1 spiro atoms. The maximum absolute atomic E-state index is 11.0. The first-order chi connectivity index (χ1) is 9.17. The number of anilines is 1. The lowest BCUT2D eigenvalue weighted by atomic mass is 10.1. The lowest BCUT2D eigenvalue weighted by molar-refractivity contribution is 0.0691. The highest BCUT2D eigenvalue weighted by Crippen LogP contribution is 2.53. The Bertz CT molecular complexity index is 674. The van der Waals surface area contributed by atoms with E-state index in [4.69, 9.17) is 5.11 Å². The van der Waals surface area contributed by atoms with E-state index >= 15 is 0 Å². The third-order valence-electron chi connectivity index (χ3n) is 4.27. The molecule has 2 aliphatic rings. The summed E-state index contributed by atoms with van der Waals surface area (Å²) in [7, 11) is 0. The van der Waals surface area contributed by atoms with Gasteiger partial charge in [0.25, 0.3) is 0 Å². The fourth-order valence-corrected chi connectivity index (χ4v) is 2.93. The molecule has 6 nitrogen and oxygen atoms in total. The zero-order valence-electron chi connectivity index (χ0n) is 10.4. The van der Waals surface area contributed by atoms with E-state index < -0.39 is 5.97 Å². The highest BCUT2D eigenvalue weighted by molar-refractivity contribution is 5.87. The highest BCUT2D eigenvalue weighted by Gasteiger charge is 2.48. The first kappa shape index (κ1) is 10.8. The van der Waals surface area contributed by atoms with Gasteiger partial charge >= 0.3 is 5.97 Å². The average molecular weight is 258 g/mol. The van der Waals surface area contributed by atoms with Crippen LogP contribution in [0.3, 0.4) is 0 Å². The van der Waals surface area contributed by atoms with E-state index in [1.54, 1.807) is 16.8 Å². The molecule has 2 fully saturated rings. The van der Waals surface area contributed by atoms with Crippen LogP contribution in [0.25, 0.3) is 5.65 Å². The maximum atomic E-state index is 11.0. The molecule has 4 rings (SSSR count). The maximum Gasteiger partial charge on any atom is 0.356 e. The van der Waals surface area contributed by atoms with Crippen LogP contribution in [0.4, 0.5) is 5.82 Å². The Hall–Kier alpha value is -2.11. The van der Waals surface area contributed by atoms with Gasteiger partial charge in [0.2, 0.25) is 0 Å². The van der Waals surface area contributed by atoms with E-state index in [0.717, 1.165) is 18.9 Å². The van der Waals surface area contributed by atoms with E-state index in [0.29, 0.717) is 11.1 Å². The molecule has 98 valence electrons. The van der Waals surface area contributed by atoms with Gasteiger partial charge in [-0.15, -0.1) is 0 Å². The summed E-state index contributed by atoms with van der Waals surface area (Å²) in [6.45, 7) is 2.01. The van der Waals surface area contributed by atoms with Crippen molar-refractivity contribution in [2.24, 2.45) is 5.41 Å². The van der Waals surface area contributed by atoms with Crippen LogP contribution in [0, 0.1) is 5.41 Å². The Morgan fingerprint density at radius 1 is 1.37 bits per heavy atom. The van der Waals surface area contributed by atoms with Crippen molar-refractivity contribution in [3.8, 4) is 0 Å². The zero-order chi connectivity index (χ0) is 13.0. The van der Waals surface area contributed by atoms with Gasteiger partial charge in [-0.05, 0) is 24.7 Å². The molecule has 1 saturated heterocycles. The highest BCUT2D eigenvalue weighted by atomic mass is 16.4. The van der Waals surface area contributed by atoms with Crippen LogP contribution in [0.15, 0.2) is 18.6 Å². The van der Waals surface area contributed by atoms with E-state index in [1.807, 2.05) is 0 Å². The normalized spacial score (nSPS) is 20.3. The summed E-state index contributed by atoms with van der Waals surface area (Å²) in [6, 6.07) is 0. The predicted octanol–water partition coefficient (Wildman–Crippen LogP) is 1.42. The minimum Gasteiger partial charge on any atom is -0.476 e. The van der Waals surface area contributed by atoms with Crippen molar-refractivity contribution in [1.82, 2.24) is 14.4 Å². The second-order valence-electron chi connectivity index (χ2n) is 5.58. The van der Waals surface area contributed by atoms with Crippen molar-refractivity contribution in [3.05, 3.63) is 24.3 Å². The molecule has 0 amide bonds. The van der Waals surface area contributed by atoms with Crippen molar-refractivity contribution in [2.75, 3.05) is 18.0 Å². The second-order valence-corrected chi connectivity index (χ2v) is 5.58. The molecule has 3 heterocycles. The zero-order valence-corrected chi connectivity index (χ0v) is 10.4. The van der Waals surface area contributed by atoms with Gasteiger partial charge in [0.1, 0.15) is 0 Å². The van der Waals surface area contributed by atoms with E-state index in [-0.39, 0.29) is 5.69 Å². The number of rotatable bonds is 2. The fraction of sp³-hybridized carbons (Fsp3) is 0.462. The summed E-state index contributed by atoms with van der Waals surface area (Å²) in [4.78, 5) is 21.8. The second kappa shape index (κ2) is 3.46. The van der Waals surface area contributed by atoms with Crippen LogP contribution in [-0.2, 0) is 0 Å². The van der Waals surface area contributed by atoms with Crippen LogP contribution in [0.2, 0.25) is 0 Å². The molecule has 1 saturated carbocycles. The standard InChI is InChI=1S/C13H14N4O2/c18-12(19)9-7-16-6-4-14-10(11(16)15-9)17-5-3-13(8-17)1-2-13/h4,6-7H,1-3,5,8H2,(H,18,19). The smallest absolute Gasteiger partial charge is 0.356 e. The van der Waals surface area contributed by atoms with E-state index in [2.05, 4.69) is 14.9 Å². The topological polar surface area (TPSA) is 70.7 Å². The monoisotopic (exact) mass is 258 g/mol. The molecule has 1 N–H and O–H groups in total. The average Bonchev–Trinajstić information content (AvgIpc) is 2.85. The Kier molecular flexibility index (Phi) is 1.97. The van der Waals surface area contributed by atoms with Gasteiger partial charge in [0.15, 0.2) is 17.2 Å². The third kappa shape index (κ3) is 1.59. The Morgan fingerprint density at radius 2 is 2.21 bits per heavy atom. The van der Waals surface area contributed by atoms with Gasteiger partial charge in [0, 0.05) is 31.7 Å². The van der Waals surface area contributed by atoms with Gasteiger partial charge in [-0.2, -0.15) is 0 Å². The lowest BCUT2D eigenvalue weighted by Gasteiger charge is -2.17. The summed E-state index contributed by atoms with van der Waals surface area (Å²) in [5, 5.41) is 9.03. The van der Waals surface area contributed by atoms with Crippen LogP contribution in [-0.4, -0.2) is 38.5 Å². The summed E-state index contributed by atoms with van der Waals surface area (Å²) < 4.78 is 1.74. The van der Waals surface area contributed by atoms with Crippen molar-refractivity contribution < 1.29 is 9.90 Å². The Labute approximate surface area is 109 Å². The van der Waals surface area contributed by atoms with Crippen LogP contribution in [0.5, 0.6) is 0 Å². The number of nitrogens with zero attached hydrogens (tertiary/aromatic N) is 4. The summed E-state index contributed by atoms with van der Waals surface area (Å²) in [5.41, 5.74) is 1.21. The van der Waals surface area contributed by atoms with E-state index in [9.17, 15) is 4.79 Å². The molecule has 2 aromatic rings. The third-order valence-corrected chi connectivity index (χ3v) is 4.27. The molecule has 19 heavy (non-hydrogen) atoms. The molecule has 0 radical (unpaired) electrons. The van der Waals surface area contributed by atoms with Gasteiger partial charge in [-0.25, -0.2) is 14.8 Å². The number of aromatic nitrogens is 3. The molecular weight excluding hydrogens is 244 g/mol. The fourth-order valence-electron chi connectivity index (χ4n) is 2.93. The minimum atomic E-state index is -1.00. The van der Waals surface area contributed by atoms with Gasteiger partial charge in [-0.1, -0.05) is 0 Å². The number of carbonyl (C=O) groups is 1. The molecule has 0 bridgehead atoms.